The Morgan fingerprint density at radius 1 is 0.838 bits per heavy atom. The van der Waals surface area contributed by atoms with Crippen LogP contribution in [-0.4, -0.2) is 22.6 Å². The quantitative estimate of drug-likeness (QED) is 0.265. The summed E-state index contributed by atoms with van der Waals surface area (Å²) < 4.78 is 5.35. The fourth-order valence-corrected chi connectivity index (χ4v) is 4.86. The van der Waals surface area contributed by atoms with Crippen LogP contribution in [0.1, 0.15) is 16.1 Å². The van der Waals surface area contributed by atoms with Crippen LogP contribution in [0, 0.1) is 0 Å². The van der Waals surface area contributed by atoms with Gasteiger partial charge in [-0.15, -0.1) is 0 Å². The van der Waals surface area contributed by atoms with Gasteiger partial charge < -0.3 is 15.1 Å². The molecule has 5 rings (SSSR count). The minimum absolute atomic E-state index is 0.0295. The zero-order chi connectivity index (χ0) is 25.8. The molecule has 0 saturated carbocycles. The van der Waals surface area contributed by atoms with E-state index in [0.29, 0.717) is 27.7 Å². The van der Waals surface area contributed by atoms with Crippen LogP contribution >= 0.6 is 23.4 Å². The molecule has 37 heavy (non-hydrogen) atoms. The highest BCUT2D eigenvalue weighted by molar-refractivity contribution is 8.04. The zero-order valence-electron chi connectivity index (χ0n) is 19.3. The van der Waals surface area contributed by atoms with Gasteiger partial charge in [0.1, 0.15) is 16.4 Å². The first kappa shape index (κ1) is 24.4. The van der Waals surface area contributed by atoms with Crippen LogP contribution in [0.4, 0.5) is 11.4 Å². The molecule has 1 aliphatic rings. The lowest BCUT2D eigenvalue weighted by Gasteiger charge is -2.13. The van der Waals surface area contributed by atoms with E-state index in [2.05, 4.69) is 10.6 Å². The van der Waals surface area contributed by atoms with Gasteiger partial charge >= 0.3 is 0 Å². The fraction of sp³-hybridized carbons (Fsp3) is 0.0357. The molecule has 3 aromatic carbocycles. The van der Waals surface area contributed by atoms with E-state index in [9.17, 15) is 14.4 Å². The topological polar surface area (TPSA) is 91.7 Å². The van der Waals surface area contributed by atoms with Gasteiger partial charge in [0.25, 0.3) is 17.7 Å². The molecule has 1 aromatic heterocycles. The minimum Gasteiger partial charge on any atom is -0.467 e. The highest BCUT2D eigenvalue weighted by Crippen LogP contribution is 2.37. The Morgan fingerprint density at radius 3 is 2.27 bits per heavy atom. The van der Waals surface area contributed by atoms with Crippen molar-refractivity contribution in [2.45, 2.75) is 11.4 Å². The largest absolute Gasteiger partial charge is 0.467 e. The van der Waals surface area contributed by atoms with Crippen molar-refractivity contribution in [2.24, 2.45) is 0 Å². The third-order valence-corrected chi connectivity index (χ3v) is 6.93. The van der Waals surface area contributed by atoms with Crippen molar-refractivity contribution >= 4 is 52.5 Å². The van der Waals surface area contributed by atoms with Gasteiger partial charge in [-0.2, -0.15) is 0 Å². The molecule has 0 radical (unpaired) electrons. The number of thioether (sulfide) groups is 1. The van der Waals surface area contributed by atoms with Gasteiger partial charge in [-0.05, 0) is 60.7 Å². The summed E-state index contributed by atoms with van der Waals surface area (Å²) in [6.45, 7) is 0.0295. The van der Waals surface area contributed by atoms with Gasteiger partial charge in [-0.25, -0.2) is 0 Å². The maximum Gasteiger partial charge on any atom is 0.278 e. The Hall–Kier alpha value is -4.27. The number of benzene rings is 3. The van der Waals surface area contributed by atoms with Gasteiger partial charge in [0, 0.05) is 16.3 Å². The minimum atomic E-state index is -0.434. The molecule has 1 aliphatic heterocycles. The smallest absolute Gasteiger partial charge is 0.278 e. The van der Waals surface area contributed by atoms with Crippen LogP contribution in [-0.2, 0) is 16.1 Å². The molecule has 0 saturated heterocycles. The molecule has 0 spiro atoms. The second-order valence-electron chi connectivity index (χ2n) is 8.03. The average Bonchev–Trinajstić information content (AvgIpc) is 3.50. The van der Waals surface area contributed by atoms with Crippen molar-refractivity contribution in [3.8, 4) is 0 Å². The van der Waals surface area contributed by atoms with E-state index < -0.39 is 11.8 Å². The average molecular weight is 530 g/mol. The molecule has 0 unspecified atom stereocenters. The number of nitrogens with zero attached hydrogens (tertiary/aromatic N) is 1. The molecule has 9 heteroatoms. The molecule has 3 amide bonds. The number of rotatable bonds is 8. The number of nitrogens with one attached hydrogen (secondary N) is 2. The molecule has 7 nitrogen and oxygen atoms in total. The lowest BCUT2D eigenvalue weighted by molar-refractivity contribution is -0.138. The number of para-hydroxylation sites is 1. The van der Waals surface area contributed by atoms with E-state index in [1.807, 2.05) is 30.3 Å². The molecule has 0 aliphatic carbocycles. The monoisotopic (exact) mass is 529 g/mol. The van der Waals surface area contributed by atoms with Crippen LogP contribution in [0.3, 0.4) is 0 Å². The Bertz CT molecular complexity index is 1490. The van der Waals surface area contributed by atoms with Crippen LogP contribution < -0.4 is 10.6 Å². The third kappa shape index (κ3) is 5.45. The van der Waals surface area contributed by atoms with E-state index in [-0.39, 0.29) is 23.1 Å². The van der Waals surface area contributed by atoms with Crippen molar-refractivity contribution < 1.29 is 18.8 Å². The fourth-order valence-electron chi connectivity index (χ4n) is 3.69. The maximum absolute atomic E-state index is 13.3. The number of hydrogen-bond acceptors (Lipinski definition) is 6. The van der Waals surface area contributed by atoms with Crippen LogP contribution in [0.25, 0.3) is 0 Å². The maximum atomic E-state index is 13.3. The van der Waals surface area contributed by atoms with Gasteiger partial charge in [0.15, 0.2) is 0 Å². The molecule has 4 aromatic rings. The molecule has 2 N–H and O–H groups in total. The Morgan fingerprint density at radius 2 is 1.57 bits per heavy atom. The predicted molar refractivity (Wildman–Crippen MR) is 143 cm³/mol. The predicted octanol–water partition coefficient (Wildman–Crippen LogP) is 6.17. The SMILES string of the molecule is O=C(Nc1ccc(SC2=C(Nc3ccccc3)C(=O)N(Cc3ccco3)C2=O)cc1)c1ccccc1Cl. The van der Waals surface area contributed by atoms with Crippen LogP contribution in [0.2, 0.25) is 5.02 Å². The van der Waals surface area contributed by atoms with E-state index >= 15 is 0 Å². The number of halogens is 1. The van der Waals surface area contributed by atoms with Crippen molar-refractivity contribution in [1.82, 2.24) is 4.90 Å². The van der Waals surface area contributed by atoms with E-state index in [1.54, 1.807) is 60.7 Å². The number of hydrogen-bond donors (Lipinski definition) is 2. The third-order valence-electron chi connectivity index (χ3n) is 5.51. The summed E-state index contributed by atoms with van der Waals surface area (Å²) in [7, 11) is 0. The summed E-state index contributed by atoms with van der Waals surface area (Å²) >= 11 is 7.29. The number of anilines is 2. The molecule has 0 fully saturated rings. The summed E-state index contributed by atoms with van der Waals surface area (Å²) in [4.78, 5) is 41.3. The van der Waals surface area contributed by atoms with Gasteiger partial charge in [0.2, 0.25) is 0 Å². The first-order valence-corrected chi connectivity index (χ1v) is 12.5. The Kier molecular flexibility index (Phi) is 7.11. The van der Waals surface area contributed by atoms with Gasteiger partial charge in [-0.3, -0.25) is 19.3 Å². The number of furan rings is 1. The first-order chi connectivity index (χ1) is 18.0. The first-order valence-electron chi connectivity index (χ1n) is 11.3. The summed E-state index contributed by atoms with van der Waals surface area (Å²) in [5, 5.41) is 6.28. The molecule has 0 atom stereocenters. The summed E-state index contributed by atoms with van der Waals surface area (Å²) in [6, 6.07) is 26.4. The van der Waals surface area contributed by atoms with Gasteiger partial charge in [0.05, 0.1) is 23.4 Å². The van der Waals surface area contributed by atoms with Crippen LogP contribution in [0.5, 0.6) is 0 Å². The van der Waals surface area contributed by atoms with Crippen molar-refractivity contribution in [2.75, 3.05) is 10.6 Å². The van der Waals surface area contributed by atoms with E-state index in [4.69, 9.17) is 16.0 Å². The Balaban J connectivity index is 1.37. The number of imide groups is 1. The number of carbonyl (C=O) groups is 3. The molecule has 2 heterocycles. The Labute approximate surface area is 222 Å². The molecular formula is C28H20ClN3O4S. The normalized spacial score (nSPS) is 13.3. The molecule has 184 valence electrons. The van der Waals surface area contributed by atoms with Gasteiger partial charge in [-0.1, -0.05) is 53.7 Å². The molecule has 0 bridgehead atoms. The number of carbonyl (C=O) groups excluding carboxylic acids is 3. The van der Waals surface area contributed by atoms with Crippen LogP contribution in [0.15, 0.2) is 117 Å². The van der Waals surface area contributed by atoms with Crippen molar-refractivity contribution in [3.63, 3.8) is 0 Å². The summed E-state index contributed by atoms with van der Waals surface area (Å²) in [5.41, 5.74) is 1.83. The standard InChI is InChI=1S/C28H20ClN3O4S/c29-23-11-5-4-10-22(23)26(33)31-19-12-14-21(15-13-19)37-25-24(30-18-7-2-1-3-8-18)27(34)32(28(25)35)17-20-9-6-16-36-20/h1-16,30H,17H2,(H,31,33). The lowest BCUT2D eigenvalue weighted by atomic mass is 10.2. The van der Waals surface area contributed by atoms with Crippen molar-refractivity contribution in [1.29, 1.82) is 0 Å². The molecular weight excluding hydrogens is 510 g/mol. The number of amides is 3. The summed E-state index contributed by atoms with van der Waals surface area (Å²) in [6.07, 6.45) is 1.50. The van der Waals surface area contributed by atoms with E-state index in [1.165, 1.54) is 18.0 Å². The second-order valence-corrected chi connectivity index (χ2v) is 9.52. The zero-order valence-corrected chi connectivity index (χ0v) is 20.9. The summed E-state index contributed by atoms with van der Waals surface area (Å²) in [5.74, 6) is -0.670. The highest BCUT2D eigenvalue weighted by Gasteiger charge is 2.39. The van der Waals surface area contributed by atoms with E-state index in [0.717, 1.165) is 9.80 Å². The second kappa shape index (κ2) is 10.8. The lowest BCUT2D eigenvalue weighted by Crippen LogP contribution is -2.31. The van der Waals surface area contributed by atoms with Crippen molar-refractivity contribution in [3.05, 3.63) is 124 Å². The highest BCUT2D eigenvalue weighted by atomic mass is 35.5.